The summed E-state index contributed by atoms with van der Waals surface area (Å²) in [6.07, 6.45) is 10.7. The van der Waals surface area contributed by atoms with Crippen molar-refractivity contribution in [3.05, 3.63) is 29.6 Å². The monoisotopic (exact) mass is 367 g/mol. The van der Waals surface area contributed by atoms with Gasteiger partial charge in [0.2, 0.25) is 0 Å². The second-order valence-electron chi connectivity index (χ2n) is 9.41. The van der Waals surface area contributed by atoms with E-state index in [2.05, 4.69) is 48.9 Å². The fourth-order valence-corrected chi connectivity index (χ4v) is 4.97. The third-order valence-electron chi connectivity index (χ3n) is 7.55. The van der Waals surface area contributed by atoms with Crippen LogP contribution in [0.2, 0.25) is 0 Å². The number of hydrogen-bond acceptors (Lipinski definition) is 2. The van der Waals surface area contributed by atoms with Crippen molar-refractivity contribution < 1.29 is 0 Å². The Balaban J connectivity index is 1.45. The van der Waals surface area contributed by atoms with E-state index >= 15 is 0 Å². The van der Waals surface area contributed by atoms with Gasteiger partial charge in [0.15, 0.2) is 0 Å². The van der Waals surface area contributed by atoms with Crippen molar-refractivity contribution in [3.63, 3.8) is 0 Å². The molecule has 1 saturated heterocycles. The van der Waals surface area contributed by atoms with Crippen LogP contribution in [0, 0.1) is 5.92 Å². The zero-order chi connectivity index (χ0) is 18.9. The molecule has 2 unspecified atom stereocenters. The Labute approximate surface area is 164 Å². The van der Waals surface area contributed by atoms with Crippen LogP contribution in [0.4, 0.5) is 0 Å². The summed E-state index contributed by atoms with van der Waals surface area (Å²) in [5, 5.41) is 0. The molecule has 1 saturated carbocycles. The number of unbranched alkanes of at least 4 members (excludes halogenated alkanes) is 3. The molecule has 27 heavy (non-hydrogen) atoms. The van der Waals surface area contributed by atoms with Crippen molar-refractivity contribution in [3.8, 4) is 0 Å². The summed E-state index contributed by atoms with van der Waals surface area (Å²) < 4.78 is 0. The minimum absolute atomic E-state index is 0.274. The standard InChI is InChI=1S/C24H37N3/c1-4-5-6-7-14-27-15-13-24(3,18(2)17-27)20-11-12-21-22(16-20)26-23(25-21)19-9-8-10-19/h11-12,16,18-19H,4-10,13-15,17H2,1-3H3,(H,25,26). The van der Waals surface area contributed by atoms with E-state index in [0.29, 0.717) is 11.8 Å². The first-order valence-corrected chi connectivity index (χ1v) is 11.3. The maximum atomic E-state index is 4.86. The van der Waals surface area contributed by atoms with Gasteiger partial charge in [0.05, 0.1) is 11.0 Å². The average Bonchev–Trinajstić information content (AvgIpc) is 3.02. The molecule has 0 amide bonds. The largest absolute Gasteiger partial charge is 0.342 e. The molecule has 1 aromatic carbocycles. The van der Waals surface area contributed by atoms with E-state index in [-0.39, 0.29) is 5.41 Å². The summed E-state index contributed by atoms with van der Waals surface area (Å²) in [5.41, 5.74) is 4.16. The molecule has 2 aliphatic rings. The Hall–Kier alpha value is -1.35. The number of imidazole rings is 1. The molecule has 0 spiro atoms. The van der Waals surface area contributed by atoms with Crippen molar-refractivity contribution in [1.82, 2.24) is 14.9 Å². The van der Waals surface area contributed by atoms with Gasteiger partial charge in [-0.05, 0) is 67.8 Å². The van der Waals surface area contributed by atoms with E-state index in [1.54, 1.807) is 0 Å². The number of rotatable bonds is 7. The summed E-state index contributed by atoms with van der Waals surface area (Å²) in [5.74, 6) is 2.57. The molecule has 4 rings (SSSR count). The number of piperidine rings is 1. The van der Waals surface area contributed by atoms with Crippen molar-refractivity contribution in [2.75, 3.05) is 19.6 Å². The van der Waals surface area contributed by atoms with Crippen LogP contribution in [-0.4, -0.2) is 34.5 Å². The normalized spacial score (nSPS) is 27.1. The van der Waals surface area contributed by atoms with E-state index in [1.807, 2.05) is 0 Å². The van der Waals surface area contributed by atoms with E-state index in [9.17, 15) is 0 Å². The zero-order valence-electron chi connectivity index (χ0n) is 17.6. The molecule has 0 radical (unpaired) electrons. The Bertz CT molecular complexity index is 760. The molecule has 1 aliphatic heterocycles. The van der Waals surface area contributed by atoms with E-state index < -0.39 is 0 Å². The molecule has 1 aliphatic carbocycles. The maximum Gasteiger partial charge on any atom is 0.110 e. The lowest BCUT2D eigenvalue weighted by Crippen LogP contribution is -2.47. The predicted molar refractivity (Wildman–Crippen MR) is 114 cm³/mol. The first-order valence-electron chi connectivity index (χ1n) is 11.3. The Morgan fingerprint density at radius 1 is 1.22 bits per heavy atom. The number of fused-ring (bicyclic) bond motifs is 1. The van der Waals surface area contributed by atoms with Crippen LogP contribution in [0.1, 0.15) is 89.4 Å². The van der Waals surface area contributed by atoms with Crippen LogP contribution >= 0.6 is 0 Å². The van der Waals surface area contributed by atoms with Crippen LogP contribution < -0.4 is 0 Å². The quantitative estimate of drug-likeness (QED) is 0.608. The molecule has 1 N–H and O–H groups in total. The second-order valence-corrected chi connectivity index (χ2v) is 9.41. The fraction of sp³-hybridized carbons (Fsp3) is 0.708. The molecule has 3 heteroatoms. The molecule has 2 heterocycles. The van der Waals surface area contributed by atoms with Gasteiger partial charge in [0.1, 0.15) is 5.82 Å². The van der Waals surface area contributed by atoms with Gasteiger partial charge < -0.3 is 9.88 Å². The highest BCUT2D eigenvalue weighted by atomic mass is 15.1. The lowest BCUT2D eigenvalue weighted by Gasteiger charge is -2.45. The highest BCUT2D eigenvalue weighted by Gasteiger charge is 2.38. The van der Waals surface area contributed by atoms with Crippen LogP contribution in [0.25, 0.3) is 11.0 Å². The minimum atomic E-state index is 0.274. The van der Waals surface area contributed by atoms with Crippen LogP contribution in [-0.2, 0) is 5.41 Å². The summed E-state index contributed by atoms with van der Waals surface area (Å²) in [6.45, 7) is 11.0. The minimum Gasteiger partial charge on any atom is -0.342 e. The van der Waals surface area contributed by atoms with Crippen LogP contribution in [0.3, 0.4) is 0 Å². The molecule has 2 atom stereocenters. The number of aromatic nitrogens is 2. The van der Waals surface area contributed by atoms with Crippen molar-refractivity contribution in [1.29, 1.82) is 0 Å². The van der Waals surface area contributed by atoms with E-state index in [1.165, 1.54) is 87.9 Å². The number of hydrogen-bond donors (Lipinski definition) is 1. The summed E-state index contributed by atoms with van der Waals surface area (Å²) in [7, 11) is 0. The first-order chi connectivity index (χ1) is 13.1. The van der Waals surface area contributed by atoms with E-state index in [4.69, 9.17) is 4.98 Å². The molecule has 3 nitrogen and oxygen atoms in total. The zero-order valence-corrected chi connectivity index (χ0v) is 17.6. The van der Waals surface area contributed by atoms with Gasteiger partial charge in [-0.1, -0.05) is 52.5 Å². The third-order valence-corrected chi connectivity index (χ3v) is 7.55. The SMILES string of the molecule is CCCCCCN1CCC(C)(c2ccc3nc(C4CCC4)[nH]c3c2)C(C)C1. The lowest BCUT2D eigenvalue weighted by molar-refractivity contribution is 0.109. The average molecular weight is 368 g/mol. The highest BCUT2D eigenvalue weighted by Crippen LogP contribution is 2.41. The number of nitrogens with zero attached hydrogens (tertiary/aromatic N) is 2. The van der Waals surface area contributed by atoms with Crippen LogP contribution in [0.5, 0.6) is 0 Å². The molecule has 0 bridgehead atoms. The van der Waals surface area contributed by atoms with E-state index in [0.717, 1.165) is 5.52 Å². The molecule has 2 aromatic rings. The maximum absolute atomic E-state index is 4.86. The van der Waals surface area contributed by atoms with Gasteiger partial charge in [0.25, 0.3) is 0 Å². The smallest absolute Gasteiger partial charge is 0.110 e. The Morgan fingerprint density at radius 2 is 2.07 bits per heavy atom. The van der Waals surface area contributed by atoms with Gasteiger partial charge in [0, 0.05) is 12.5 Å². The van der Waals surface area contributed by atoms with Gasteiger partial charge in [-0.25, -0.2) is 4.98 Å². The van der Waals surface area contributed by atoms with Crippen molar-refractivity contribution >= 4 is 11.0 Å². The lowest BCUT2D eigenvalue weighted by atomic mass is 9.68. The van der Waals surface area contributed by atoms with Gasteiger partial charge in [-0.2, -0.15) is 0 Å². The van der Waals surface area contributed by atoms with Gasteiger partial charge in [-0.3, -0.25) is 0 Å². The fourth-order valence-electron chi connectivity index (χ4n) is 4.97. The molecule has 2 fully saturated rings. The predicted octanol–water partition coefficient (Wildman–Crippen LogP) is 6.01. The number of nitrogens with one attached hydrogen (secondary N) is 1. The Morgan fingerprint density at radius 3 is 2.78 bits per heavy atom. The number of likely N-dealkylation sites (tertiary alicyclic amines) is 1. The van der Waals surface area contributed by atoms with Gasteiger partial charge >= 0.3 is 0 Å². The Kier molecular flexibility index (Phi) is 5.59. The van der Waals surface area contributed by atoms with Crippen molar-refractivity contribution in [2.45, 2.75) is 83.5 Å². The summed E-state index contributed by atoms with van der Waals surface area (Å²) >= 11 is 0. The highest BCUT2D eigenvalue weighted by molar-refractivity contribution is 5.76. The summed E-state index contributed by atoms with van der Waals surface area (Å²) in [4.78, 5) is 11.2. The van der Waals surface area contributed by atoms with Gasteiger partial charge in [-0.15, -0.1) is 0 Å². The summed E-state index contributed by atoms with van der Waals surface area (Å²) in [6, 6.07) is 7.00. The number of aromatic amines is 1. The second kappa shape index (κ2) is 7.95. The molecular weight excluding hydrogens is 330 g/mol. The van der Waals surface area contributed by atoms with Crippen LogP contribution in [0.15, 0.2) is 18.2 Å². The molecule has 1 aromatic heterocycles. The first kappa shape index (κ1) is 19.0. The molecule has 148 valence electrons. The number of H-pyrrole nitrogens is 1. The molecular formula is C24H37N3. The topological polar surface area (TPSA) is 31.9 Å². The number of benzene rings is 1. The third kappa shape index (κ3) is 3.81. The van der Waals surface area contributed by atoms with Crippen molar-refractivity contribution in [2.24, 2.45) is 5.92 Å².